The van der Waals surface area contributed by atoms with Crippen LogP contribution in [0.3, 0.4) is 0 Å². The molecule has 152 valence electrons. The van der Waals surface area contributed by atoms with E-state index in [-0.39, 0.29) is 11.5 Å². The first-order chi connectivity index (χ1) is 15.3. The van der Waals surface area contributed by atoms with Gasteiger partial charge in [-0.25, -0.2) is 0 Å². The van der Waals surface area contributed by atoms with Gasteiger partial charge in [-0.1, -0.05) is 121 Å². The number of anilines is 2. The summed E-state index contributed by atoms with van der Waals surface area (Å²) in [5, 5.41) is 0.0706. The van der Waals surface area contributed by atoms with Gasteiger partial charge in [-0.2, -0.15) is 0 Å². The van der Waals surface area contributed by atoms with Crippen LogP contribution in [0.1, 0.15) is 22.7 Å². The molecular formula is C27H22N2S2. The Kier molecular flexibility index (Phi) is 5.74. The molecule has 2 nitrogen and oxygen atoms in total. The number of thiocarbonyl (C=S) groups is 1. The molecule has 0 saturated carbocycles. The fraction of sp³-hybridized carbons (Fsp3) is 0.0741. The highest BCUT2D eigenvalue weighted by Crippen LogP contribution is 2.50. The van der Waals surface area contributed by atoms with Crippen LogP contribution < -0.4 is 9.80 Å². The summed E-state index contributed by atoms with van der Waals surface area (Å²) in [6.45, 7) is 0. The minimum absolute atomic E-state index is 0.0649. The standard InChI is InChI=1S/C27H22N2S2/c30-27-29(24-19-11-4-12-20-24)25(21-13-5-1-6-14-21)28(23-17-9-3-10-18-23)26(31-27)22-15-7-2-8-16-22/h1-20,25-26H. The smallest absolute Gasteiger partial charge is 0.145 e. The molecule has 0 N–H and O–H groups in total. The van der Waals surface area contributed by atoms with E-state index in [9.17, 15) is 0 Å². The lowest BCUT2D eigenvalue weighted by Gasteiger charge is -2.50. The van der Waals surface area contributed by atoms with Gasteiger partial charge < -0.3 is 9.80 Å². The van der Waals surface area contributed by atoms with Gasteiger partial charge in [-0.05, 0) is 35.4 Å². The largest absolute Gasteiger partial charge is 0.330 e. The van der Waals surface area contributed by atoms with Gasteiger partial charge in [0.05, 0.1) is 0 Å². The molecule has 4 aromatic rings. The van der Waals surface area contributed by atoms with Crippen molar-refractivity contribution in [3.8, 4) is 0 Å². The molecule has 0 amide bonds. The summed E-state index contributed by atoms with van der Waals surface area (Å²) < 4.78 is 0.876. The average molecular weight is 439 g/mol. The van der Waals surface area contributed by atoms with E-state index in [0.29, 0.717) is 0 Å². The second-order valence-electron chi connectivity index (χ2n) is 7.38. The molecular weight excluding hydrogens is 416 g/mol. The highest BCUT2D eigenvalue weighted by atomic mass is 32.2. The van der Waals surface area contributed by atoms with Crippen LogP contribution in [0.4, 0.5) is 11.4 Å². The monoisotopic (exact) mass is 438 g/mol. The number of thioether (sulfide) groups is 1. The number of rotatable bonds is 4. The summed E-state index contributed by atoms with van der Waals surface area (Å²) in [7, 11) is 0. The van der Waals surface area contributed by atoms with Gasteiger partial charge in [0.15, 0.2) is 0 Å². The quantitative estimate of drug-likeness (QED) is 0.306. The molecule has 0 aliphatic carbocycles. The molecule has 1 aliphatic rings. The summed E-state index contributed by atoms with van der Waals surface area (Å²) in [4.78, 5) is 4.76. The maximum Gasteiger partial charge on any atom is 0.145 e. The number of hydrogen-bond donors (Lipinski definition) is 0. The van der Waals surface area contributed by atoms with Gasteiger partial charge >= 0.3 is 0 Å². The molecule has 1 saturated heterocycles. The minimum atomic E-state index is -0.0649. The molecule has 1 fully saturated rings. The zero-order valence-electron chi connectivity index (χ0n) is 16.9. The predicted molar refractivity (Wildman–Crippen MR) is 136 cm³/mol. The molecule has 0 spiro atoms. The number of nitrogens with zero attached hydrogens (tertiary/aromatic N) is 2. The van der Waals surface area contributed by atoms with E-state index >= 15 is 0 Å². The SMILES string of the molecule is S=C1SC(c2ccccc2)N(c2ccccc2)C(c2ccccc2)N1c1ccccc1. The second kappa shape index (κ2) is 8.96. The van der Waals surface area contributed by atoms with Crippen molar-refractivity contribution >= 4 is 39.7 Å². The average Bonchev–Trinajstić information content (AvgIpc) is 2.85. The van der Waals surface area contributed by atoms with E-state index in [1.54, 1.807) is 11.8 Å². The van der Waals surface area contributed by atoms with Crippen molar-refractivity contribution in [2.24, 2.45) is 0 Å². The third-order valence-electron chi connectivity index (χ3n) is 5.44. The predicted octanol–water partition coefficient (Wildman–Crippen LogP) is 7.43. The van der Waals surface area contributed by atoms with Crippen molar-refractivity contribution in [3.63, 3.8) is 0 Å². The normalized spacial score (nSPS) is 18.8. The minimum Gasteiger partial charge on any atom is -0.330 e. The summed E-state index contributed by atoms with van der Waals surface area (Å²) in [6, 6.07) is 42.4. The van der Waals surface area contributed by atoms with Crippen molar-refractivity contribution in [1.29, 1.82) is 0 Å². The van der Waals surface area contributed by atoms with Crippen molar-refractivity contribution in [1.82, 2.24) is 0 Å². The topological polar surface area (TPSA) is 6.48 Å². The maximum atomic E-state index is 6.03. The molecule has 4 heteroatoms. The second-order valence-corrected chi connectivity index (χ2v) is 9.09. The molecule has 0 aromatic heterocycles. The van der Waals surface area contributed by atoms with Gasteiger partial charge in [0, 0.05) is 11.4 Å². The van der Waals surface area contributed by atoms with Gasteiger partial charge in [0.2, 0.25) is 0 Å². The van der Waals surface area contributed by atoms with E-state index in [2.05, 4.69) is 125 Å². The van der Waals surface area contributed by atoms with Crippen molar-refractivity contribution < 1.29 is 0 Å². The van der Waals surface area contributed by atoms with E-state index in [1.165, 1.54) is 16.8 Å². The van der Waals surface area contributed by atoms with Gasteiger partial charge in [-0.3, -0.25) is 0 Å². The summed E-state index contributed by atoms with van der Waals surface area (Å²) >= 11 is 7.76. The number of para-hydroxylation sites is 2. The highest BCUT2D eigenvalue weighted by molar-refractivity contribution is 8.23. The molecule has 1 heterocycles. The Morgan fingerprint density at radius 2 is 1.00 bits per heavy atom. The number of hydrogen-bond acceptors (Lipinski definition) is 3. The van der Waals surface area contributed by atoms with Crippen molar-refractivity contribution in [2.75, 3.05) is 9.80 Å². The Balaban J connectivity index is 1.72. The third-order valence-corrected chi connectivity index (χ3v) is 7.05. The van der Waals surface area contributed by atoms with Crippen LogP contribution in [0.15, 0.2) is 121 Å². The fourth-order valence-corrected chi connectivity index (χ4v) is 5.69. The zero-order chi connectivity index (χ0) is 21.0. The van der Waals surface area contributed by atoms with E-state index < -0.39 is 0 Å². The first-order valence-electron chi connectivity index (χ1n) is 10.3. The molecule has 2 atom stereocenters. The van der Waals surface area contributed by atoms with Crippen LogP contribution in [0, 0.1) is 0 Å². The summed E-state index contributed by atoms with van der Waals surface area (Å²) in [5.41, 5.74) is 4.72. The maximum absolute atomic E-state index is 6.03. The lowest BCUT2D eigenvalue weighted by Crippen LogP contribution is -2.49. The van der Waals surface area contributed by atoms with E-state index in [0.717, 1.165) is 10.0 Å². The number of benzene rings is 4. The Labute approximate surface area is 193 Å². The molecule has 4 aromatic carbocycles. The van der Waals surface area contributed by atoms with Gasteiger partial charge in [0.25, 0.3) is 0 Å². The van der Waals surface area contributed by atoms with E-state index in [1.807, 2.05) is 6.07 Å². The Bertz CT molecular complexity index is 1140. The molecule has 1 aliphatic heterocycles. The molecule has 31 heavy (non-hydrogen) atoms. The first kappa shape index (κ1) is 19.9. The Hall–Kier alpha value is -3.08. The Morgan fingerprint density at radius 1 is 0.548 bits per heavy atom. The van der Waals surface area contributed by atoms with Gasteiger partial charge in [0.1, 0.15) is 15.9 Å². The zero-order valence-corrected chi connectivity index (χ0v) is 18.5. The van der Waals surface area contributed by atoms with Crippen LogP contribution in [0.5, 0.6) is 0 Å². The molecule has 2 unspecified atom stereocenters. The summed E-state index contributed by atoms with van der Waals surface area (Å²) in [5.74, 6) is 0. The van der Waals surface area contributed by atoms with Crippen LogP contribution in [-0.2, 0) is 0 Å². The van der Waals surface area contributed by atoms with Crippen molar-refractivity contribution in [3.05, 3.63) is 132 Å². The molecule has 0 radical (unpaired) electrons. The lowest BCUT2D eigenvalue weighted by atomic mass is 10.1. The Morgan fingerprint density at radius 3 is 1.55 bits per heavy atom. The molecule has 0 bridgehead atoms. The van der Waals surface area contributed by atoms with Crippen molar-refractivity contribution in [2.45, 2.75) is 11.5 Å². The highest BCUT2D eigenvalue weighted by Gasteiger charge is 2.41. The van der Waals surface area contributed by atoms with Crippen LogP contribution in [-0.4, -0.2) is 4.32 Å². The van der Waals surface area contributed by atoms with Gasteiger partial charge in [-0.15, -0.1) is 0 Å². The summed E-state index contributed by atoms with van der Waals surface area (Å²) in [6.07, 6.45) is -0.0649. The lowest BCUT2D eigenvalue weighted by molar-refractivity contribution is 0.623. The molecule has 5 rings (SSSR count). The fourth-order valence-electron chi connectivity index (χ4n) is 4.05. The third kappa shape index (κ3) is 3.97. The van der Waals surface area contributed by atoms with Crippen LogP contribution in [0.2, 0.25) is 0 Å². The van der Waals surface area contributed by atoms with Crippen LogP contribution in [0.25, 0.3) is 0 Å². The van der Waals surface area contributed by atoms with Crippen LogP contribution >= 0.6 is 24.0 Å². The first-order valence-corrected chi connectivity index (χ1v) is 11.6. The van der Waals surface area contributed by atoms with E-state index in [4.69, 9.17) is 12.2 Å².